The molecule has 0 saturated carbocycles. The summed E-state index contributed by atoms with van der Waals surface area (Å²) in [6.45, 7) is 4.42. The van der Waals surface area contributed by atoms with Crippen LogP contribution >= 0.6 is 0 Å². The average molecular weight is 400 g/mol. The molecule has 0 radical (unpaired) electrons. The number of esters is 1. The summed E-state index contributed by atoms with van der Waals surface area (Å²) in [6.07, 6.45) is -3.87. The van der Waals surface area contributed by atoms with Gasteiger partial charge < -0.3 is 9.26 Å². The molecule has 0 amide bonds. The van der Waals surface area contributed by atoms with Gasteiger partial charge in [-0.2, -0.15) is 13.2 Å². The quantitative estimate of drug-likeness (QED) is 0.315. The van der Waals surface area contributed by atoms with E-state index in [9.17, 15) is 32.9 Å². The zero-order chi connectivity index (χ0) is 21.3. The highest BCUT2D eigenvalue weighted by Crippen LogP contribution is 2.35. The van der Waals surface area contributed by atoms with Gasteiger partial charge in [0.2, 0.25) is 5.78 Å². The minimum Gasteiger partial charge on any atom is -0.465 e. The van der Waals surface area contributed by atoms with E-state index >= 15 is 0 Å². The maximum absolute atomic E-state index is 12.8. The highest BCUT2D eigenvalue weighted by molar-refractivity contribution is 6.12. The first kappa shape index (κ1) is 21.1. The Balaban J connectivity index is 2.56. The fourth-order valence-corrected chi connectivity index (χ4v) is 2.45. The summed E-state index contributed by atoms with van der Waals surface area (Å²) < 4.78 is 48.4. The Morgan fingerprint density at radius 2 is 1.89 bits per heavy atom. The van der Waals surface area contributed by atoms with Crippen LogP contribution in [0.15, 0.2) is 28.9 Å². The molecule has 0 N–H and O–H groups in total. The number of rotatable bonds is 6. The van der Waals surface area contributed by atoms with Gasteiger partial charge in [0.25, 0.3) is 5.69 Å². The van der Waals surface area contributed by atoms with Crippen molar-refractivity contribution in [3.63, 3.8) is 0 Å². The van der Waals surface area contributed by atoms with Crippen LogP contribution in [0, 0.1) is 10.1 Å². The summed E-state index contributed by atoms with van der Waals surface area (Å²) in [5, 5.41) is 14.7. The summed E-state index contributed by atoms with van der Waals surface area (Å²) >= 11 is 0. The second-order valence-corrected chi connectivity index (χ2v) is 6.23. The van der Waals surface area contributed by atoms with Gasteiger partial charge in [0, 0.05) is 6.07 Å². The predicted molar refractivity (Wildman–Crippen MR) is 87.7 cm³/mol. The Morgan fingerprint density at radius 3 is 2.43 bits per heavy atom. The Kier molecular flexibility index (Phi) is 5.57. The maximum atomic E-state index is 12.8. The number of hydrogen-bond donors (Lipinski definition) is 0. The molecule has 0 spiro atoms. The molecule has 2 aromatic rings. The summed E-state index contributed by atoms with van der Waals surface area (Å²) in [7, 11) is 0. The number of ketones is 1. The van der Waals surface area contributed by atoms with E-state index in [1.54, 1.807) is 6.92 Å². The minimum atomic E-state index is -4.82. The molecule has 0 aliphatic carbocycles. The van der Waals surface area contributed by atoms with Gasteiger partial charge in [-0.05, 0) is 32.9 Å². The van der Waals surface area contributed by atoms with Crippen molar-refractivity contribution in [2.75, 3.05) is 6.61 Å². The van der Waals surface area contributed by atoms with Gasteiger partial charge in [-0.15, -0.1) is 0 Å². The lowest BCUT2D eigenvalue weighted by molar-refractivity contribution is -0.385. The first-order valence-corrected chi connectivity index (χ1v) is 7.94. The van der Waals surface area contributed by atoms with E-state index in [1.165, 1.54) is 13.8 Å². The molecule has 1 aromatic carbocycles. The molecule has 11 heteroatoms. The Hall–Kier alpha value is -3.24. The van der Waals surface area contributed by atoms with Gasteiger partial charge >= 0.3 is 12.1 Å². The third-order valence-corrected chi connectivity index (χ3v) is 3.93. The number of ether oxygens (including phenoxy) is 1. The van der Waals surface area contributed by atoms with Crippen LogP contribution in [-0.4, -0.2) is 28.4 Å². The number of aromatic nitrogens is 1. The molecule has 0 fully saturated rings. The number of carbonyl (C=O) groups is 2. The number of alkyl halides is 3. The van der Waals surface area contributed by atoms with Gasteiger partial charge in [-0.25, -0.2) is 0 Å². The van der Waals surface area contributed by atoms with Crippen LogP contribution < -0.4 is 0 Å². The van der Waals surface area contributed by atoms with Crippen LogP contribution in [0.4, 0.5) is 18.9 Å². The standard InChI is InChI=1S/C17H15F3N2O6/c1-4-27-15(24)16(2,3)14-11(8-21-28-14)13(23)10-6-5-9(17(18,19)20)7-12(10)22(25)26/h5-8H,4H2,1-3H3. The Labute approximate surface area is 156 Å². The minimum absolute atomic E-state index is 0.0596. The molecule has 28 heavy (non-hydrogen) atoms. The molecule has 0 aliphatic rings. The fraction of sp³-hybridized carbons (Fsp3) is 0.353. The van der Waals surface area contributed by atoms with Crippen molar-refractivity contribution in [3.05, 3.63) is 57.0 Å². The van der Waals surface area contributed by atoms with E-state index in [0.717, 1.165) is 6.20 Å². The normalized spacial score (nSPS) is 11.9. The molecule has 1 aromatic heterocycles. The van der Waals surface area contributed by atoms with Crippen molar-refractivity contribution in [2.24, 2.45) is 0 Å². The van der Waals surface area contributed by atoms with Crippen LogP contribution in [0.3, 0.4) is 0 Å². The van der Waals surface area contributed by atoms with Crippen molar-refractivity contribution in [1.82, 2.24) is 5.16 Å². The predicted octanol–water partition coefficient (Wildman–Crippen LogP) is 3.67. The molecule has 0 atom stereocenters. The molecule has 8 nitrogen and oxygen atoms in total. The lowest BCUT2D eigenvalue weighted by Gasteiger charge is -2.20. The van der Waals surface area contributed by atoms with Crippen LogP contribution in [-0.2, 0) is 21.1 Å². The number of halogens is 3. The van der Waals surface area contributed by atoms with E-state index in [0.29, 0.717) is 12.1 Å². The molecule has 0 bridgehead atoms. The first-order chi connectivity index (χ1) is 12.9. The summed E-state index contributed by atoms with van der Waals surface area (Å²) in [5.41, 5.74) is -4.64. The Bertz CT molecular complexity index is 933. The van der Waals surface area contributed by atoms with Gasteiger partial charge in [0.1, 0.15) is 11.0 Å². The molecule has 0 aliphatic heterocycles. The molecule has 150 valence electrons. The lowest BCUT2D eigenvalue weighted by atomic mass is 9.86. The monoisotopic (exact) mass is 400 g/mol. The third-order valence-electron chi connectivity index (χ3n) is 3.93. The Morgan fingerprint density at radius 1 is 1.25 bits per heavy atom. The zero-order valence-corrected chi connectivity index (χ0v) is 15.0. The fourth-order valence-electron chi connectivity index (χ4n) is 2.45. The number of hydrogen-bond acceptors (Lipinski definition) is 7. The van der Waals surface area contributed by atoms with Crippen molar-refractivity contribution in [1.29, 1.82) is 0 Å². The van der Waals surface area contributed by atoms with E-state index in [2.05, 4.69) is 5.16 Å². The SMILES string of the molecule is CCOC(=O)C(C)(C)c1oncc1C(=O)c1ccc(C(F)(F)F)cc1[N+](=O)[O-]. The molecular formula is C17H15F3N2O6. The second kappa shape index (κ2) is 7.41. The number of carbonyl (C=O) groups excluding carboxylic acids is 2. The van der Waals surface area contributed by atoms with E-state index in [-0.39, 0.29) is 24.0 Å². The van der Waals surface area contributed by atoms with Crippen molar-refractivity contribution < 1.29 is 36.9 Å². The van der Waals surface area contributed by atoms with Crippen LogP contribution in [0.1, 0.15) is 48.0 Å². The highest BCUT2D eigenvalue weighted by atomic mass is 19.4. The second-order valence-electron chi connectivity index (χ2n) is 6.23. The molecule has 2 rings (SSSR count). The zero-order valence-electron chi connectivity index (χ0n) is 15.0. The first-order valence-electron chi connectivity index (χ1n) is 7.94. The molecular weight excluding hydrogens is 385 g/mol. The van der Waals surface area contributed by atoms with E-state index in [1.807, 2.05) is 0 Å². The van der Waals surface area contributed by atoms with Crippen LogP contribution in [0.5, 0.6) is 0 Å². The van der Waals surface area contributed by atoms with Gasteiger partial charge in [-0.1, -0.05) is 5.16 Å². The average Bonchev–Trinajstić information content (AvgIpc) is 3.10. The van der Waals surface area contributed by atoms with E-state index in [4.69, 9.17) is 9.26 Å². The molecule has 0 unspecified atom stereocenters. The van der Waals surface area contributed by atoms with Gasteiger partial charge in [0.15, 0.2) is 5.76 Å². The van der Waals surface area contributed by atoms with Crippen molar-refractivity contribution >= 4 is 17.4 Å². The summed E-state index contributed by atoms with van der Waals surface area (Å²) in [5.74, 6) is -1.96. The lowest BCUT2D eigenvalue weighted by Crippen LogP contribution is -2.32. The number of nitro benzene ring substituents is 1. The summed E-state index contributed by atoms with van der Waals surface area (Å²) in [6, 6.07) is 1.54. The largest absolute Gasteiger partial charge is 0.465 e. The van der Waals surface area contributed by atoms with Crippen molar-refractivity contribution in [3.8, 4) is 0 Å². The molecule has 0 saturated heterocycles. The van der Waals surface area contributed by atoms with Crippen molar-refractivity contribution in [2.45, 2.75) is 32.4 Å². The number of benzene rings is 1. The van der Waals surface area contributed by atoms with Gasteiger partial charge in [0.05, 0.1) is 28.9 Å². The highest BCUT2D eigenvalue weighted by Gasteiger charge is 2.41. The van der Waals surface area contributed by atoms with Crippen LogP contribution in [0.25, 0.3) is 0 Å². The van der Waals surface area contributed by atoms with Gasteiger partial charge in [-0.3, -0.25) is 19.7 Å². The summed E-state index contributed by atoms with van der Waals surface area (Å²) in [4.78, 5) is 35.1. The number of nitro groups is 1. The number of nitrogens with zero attached hydrogens (tertiary/aromatic N) is 2. The van der Waals surface area contributed by atoms with Crippen LogP contribution in [0.2, 0.25) is 0 Å². The maximum Gasteiger partial charge on any atom is 0.416 e. The topological polar surface area (TPSA) is 113 Å². The molecule has 1 heterocycles. The van der Waals surface area contributed by atoms with E-state index < -0.39 is 45.1 Å². The third kappa shape index (κ3) is 3.87. The smallest absolute Gasteiger partial charge is 0.416 e.